The largest absolute Gasteiger partial charge is 0.502 e. The van der Waals surface area contributed by atoms with E-state index in [1.165, 1.54) is 64.2 Å². The lowest BCUT2D eigenvalue weighted by Crippen LogP contribution is -2.10. The molecule has 9 nitrogen and oxygen atoms in total. The maximum absolute atomic E-state index is 11.5. The SMILES string of the molecule is CCCCCCCCCCCCCCc1onc(NC(=O)CCC)c1O.COS(=O)(=O)O. The maximum atomic E-state index is 11.5. The molecule has 1 amide bonds. The number of carbonyl (C=O) groups is 1. The summed E-state index contributed by atoms with van der Waals surface area (Å²) in [4.78, 5) is 11.5. The van der Waals surface area contributed by atoms with Gasteiger partial charge < -0.3 is 14.9 Å². The van der Waals surface area contributed by atoms with Crippen molar-refractivity contribution in [3.8, 4) is 5.75 Å². The van der Waals surface area contributed by atoms with Gasteiger partial charge in [-0.2, -0.15) is 8.42 Å². The second-order valence-corrected chi connectivity index (χ2v) is 9.02. The van der Waals surface area contributed by atoms with E-state index in [9.17, 15) is 18.3 Å². The zero-order valence-electron chi connectivity index (χ0n) is 19.9. The summed E-state index contributed by atoms with van der Waals surface area (Å²) in [5, 5.41) is 16.4. The lowest BCUT2D eigenvalue weighted by Gasteiger charge is -2.02. The average molecular weight is 479 g/mol. The van der Waals surface area contributed by atoms with Gasteiger partial charge in [0.2, 0.25) is 17.5 Å². The van der Waals surface area contributed by atoms with Gasteiger partial charge in [-0.1, -0.05) is 89.6 Å². The molecule has 0 radical (unpaired) electrons. The number of aryl methyl sites for hydroxylation is 1. The van der Waals surface area contributed by atoms with Crippen LogP contribution in [0.4, 0.5) is 5.82 Å². The maximum Gasteiger partial charge on any atom is 0.397 e. The third-order valence-corrected chi connectivity index (χ3v) is 5.36. The fraction of sp³-hybridized carbons (Fsp3) is 0.818. The molecule has 3 N–H and O–H groups in total. The monoisotopic (exact) mass is 478 g/mol. The van der Waals surface area contributed by atoms with Crippen LogP contribution in [-0.4, -0.2) is 36.3 Å². The van der Waals surface area contributed by atoms with Crippen molar-refractivity contribution in [2.75, 3.05) is 12.4 Å². The van der Waals surface area contributed by atoms with Crippen molar-refractivity contribution >= 4 is 22.1 Å². The Kier molecular flexibility index (Phi) is 17.9. The summed E-state index contributed by atoms with van der Waals surface area (Å²) in [6.45, 7) is 4.19. The van der Waals surface area contributed by atoms with Crippen molar-refractivity contribution in [3.05, 3.63) is 5.76 Å². The van der Waals surface area contributed by atoms with Crippen molar-refractivity contribution in [1.29, 1.82) is 0 Å². The fourth-order valence-corrected chi connectivity index (χ4v) is 3.11. The molecule has 1 aromatic rings. The summed E-state index contributed by atoms with van der Waals surface area (Å²) < 4.78 is 34.9. The zero-order chi connectivity index (χ0) is 24.2. The van der Waals surface area contributed by atoms with E-state index in [2.05, 4.69) is 21.6 Å². The minimum Gasteiger partial charge on any atom is -0.502 e. The van der Waals surface area contributed by atoms with Crippen molar-refractivity contribution < 1.29 is 31.6 Å². The molecule has 0 bridgehead atoms. The summed E-state index contributed by atoms with van der Waals surface area (Å²) in [5.41, 5.74) is 0. The van der Waals surface area contributed by atoms with E-state index in [1.54, 1.807) is 0 Å². The molecule has 0 saturated carbocycles. The van der Waals surface area contributed by atoms with E-state index in [-0.39, 0.29) is 17.5 Å². The molecule has 1 aromatic heterocycles. The van der Waals surface area contributed by atoms with Gasteiger partial charge in [-0.15, -0.1) is 0 Å². The standard InChI is InChI=1S/C21H38N2O3.CH4O4S/c1-3-5-6-7-8-9-10-11-12-13-14-15-17-18-20(25)21(23-26-18)22-19(24)16-4-2;1-5-6(2,3)4/h25H,3-17H2,1-2H3,(H,22,23,24);1H3,(H,2,3,4). The van der Waals surface area contributed by atoms with Crippen LogP contribution in [0, 0.1) is 0 Å². The third kappa shape index (κ3) is 17.0. The number of amides is 1. The predicted molar refractivity (Wildman–Crippen MR) is 125 cm³/mol. The van der Waals surface area contributed by atoms with E-state index < -0.39 is 10.4 Å². The lowest BCUT2D eigenvalue weighted by atomic mass is 10.0. The number of aromatic hydroxyl groups is 1. The highest BCUT2D eigenvalue weighted by atomic mass is 32.3. The number of hydrogen-bond acceptors (Lipinski definition) is 7. The summed E-state index contributed by atoms with van der Waals surface area (Å²) in [6, 6.07) is 0. The Hall–Kier alpha value is -1.65. The third-order valence-electron chi connectivity index (χ3n) is 4.94. The molecule has 0 aliphatic carbocycles. The highest BCUT2D eigenvalue weighted by Gasteiger charge is 2.16. The van der Waals surface area contributed by atoms with Crippen molar-refractivity contribution in [2.24, 2.45) is 0 Å². The number of anilines is 1. The Bertz CT molecular complexity index is 705. The van der Waals surface area contributed by atoms with Gasteiger partial charge in [-0.05, 0) is 12.8 Å². The van der Waals surface area contributed by atoms with Crippen molar-refractivity contribution in [1.82, 2.24) is 5.16 Å². The van der Waals surface area contributed by atoms with Crippen LogP contribution < -0.4 is 5.32 Å². The van der Waals surface area contributed by atoms with E-state index >= 15 is 0 Å². The van der Waals surface area contributed by atoms with Crippen LogP contribution in [0.1, 0.15) is 109 Å². The van der Waals surface area contributed by atoms with Gasteiger partial charge in [0.1, 0.15) is 0 Å². The number of hydrogen-bond donors (Lipinski definition) is 3. The molecule has 0 aliphatic heterocycles. The van der Waals surface area contributed by atoms with Gasteiger partial charge >= 0.3 is 10.4 Å². The van der Waals surface area contributed by atoms with Crippen LogP contribution in [-0.2, 0) is 25.8 Å². The molecular weight excluding hydrogens is 436 g/mol. The predicted octanol–water partition coefficient (Wildman–Crippen LogP) is 5.80. The highest BCUT2D eigenvalue weighted by Crippen LogP contribution is 2.28. The van der Waals surface area contributed by atoms with E-state index in [0.717, 1.165) is 26.4 Å². The minimum atomic E-state index is -4.16. The van der Waals surface area contributed by atoms with Gasteiger partial charge in [0.25, 0.3) is 0 Å². The second-order valence-electron chi connectivity index (χ2n) is 7.83. The first-order valence-electron chi connectivity index (χ1n) is 11.8. The van der Waals surface area contributed by atoms with E-state index in [1.807, 2.05) is 6.92 Å². The van der Waals surface area contributed by atoms with Crippen LogP contribution in [0.15, 0.2) is 4.52 Å². The molecule has 0 unspecified atom stereocenters. The van der Waals surface area contributed by atoms with E-state index in [0.29, 0.717) is 18.6 Å². The van der Waals surface area contributed by atoms with Crippen LogP contribution in [0.3, 0.4) is 0 Å². The van der Waals surface area contributed by atoms with Crippen LogP contribution >= 0.6 is 0 Å². The highest BCUT2D eigenvalue weighted by molar-refractivity contribution is 7.80. The molecule has 0 aromatic carbocycles. The zero-order valence-corrected chi connectivity index (χ0v) is 20.7. The van der Waals surface area contributed by atoms with Gasteiger partial charge in [0.15, 0.2) is 5.76 Å². The molecular formula is C22H42N2O7S. The van der Waals surface area contributed by atoms with Gasteiger partial charge in [-0.3, -0.25) is 13.5 Å². The van der Waals surface area contributed by atoms with Gasteiger partial charge in [-0.25, -0.2) is 0 Å². The Morgan fingerprint density at radius 2 is 1.41 bits per heavy atom. The number of nitrogens with zero attached hydrogens (tertiary/aromatic N) is 1. The Balaban J connectivity index is 0.00000140. The molecule has 1 rings (SSSR count). The summed E-state index contributed by atoms with van der Waals surface area (Å²) in [5.74, 6) is 0.465. The normalized spacial score (nSPS) is 11.1. The number of aromatic nitrogens is 1. The molecule has 0 saturated heterocycles. The van der Waals surface area contributed by atoms with Gasteiger partial charge in [0, 0.05) is 12.8 Å². The smallest absolute Gasteiger partial charge is 0.397 e. The summed E-state index contributed by atoms with van der Waals surface area (Å²) >= 11 is 0. The molecule has 10 heteroatoms. The lowest BCUT2D eigenvalue weighted by molar-refractivity contribution is -0.116. The molecule has 0 spiro atoms. The van der Waals surface area contributed by atoms with Crippen molar-refractivity contribution in [3.63, 3.8) is 0 Å². The number of rotatable bonds is 17. The molecule has 188 valence electrons. The Morgan fingerprint density at radius 3 is 1.84 bits per heavy atom. The van der Waals surface area contributed by atoms with E-state index in [4.69, 9.17) is 9.08 Å². The first kappa shape index (κ1) is 30.4. The summed E-state index contributed by atoms with van der Waals surface area (Å²) in [7, 11) is -3.29. The Labute approximate surface area is 193 Å². The van der Waals surface area contributed by atoms with Crippen LogP contribution in [0.2, 0.25) is 0 Å². The fourth-order valence-electron chi connectivity index (χ4n) is 3.11. The number of unbranched alkanes of at least 4 members (excludes halogenated alkanes) is 11. The Morgan fingerprint density at radius 1 is 0.938 bits per heavy atom. The number of carbonyl (C=O) groups excluding carboxylic acids is 1. The van der Waals surface area contributed by atoms with Crippen molar-refractivity contribution in [2.45, 2.75) is 110 Å². The summed E-state index contributed by atoms with van der Waals surface area (Å²) in [6.07, 6.45) is 17.4. The van der Waals surface area contributed by atoms with Gasteiger partial charge in [0.05, 0.1) is 7.11 Å². The molecule has 0 atom stereocenters. The molecule has 1 heterocycles. The first-order chi connectivity index (χ1) is 15.2. The second kappa shape index (κ2) is 18.9. The number of nitrogens with one attached hydrogen (secondary N) is 1. The molecule has 32 heavy (non-hydrogen) atoms. The average Bonchev–Trinajstić information content (AvgIpc) is 3.08. The van der Waals surface area contributed by atoms with Crippen LogP contribution in [0.25, 0.3) is 0 Å². The molecule has 0 aliphatic rings. The van der Waals surface area contributed by atoms with Crippen LogP contribution in [0.5, 0.6) is 5.75 Å². The minimum absolute atomic E-state index is 0.0162. The topological polar surface area (TPSA) is 139 Å². The quantitative estimate of drug-likeness (QED) is 0.189. The molecule has 0 fully saturated rings. The first-order valence-corrected chi connectivity index (χ1v) is 13.1.